The third-order valence-electron chi connectivity index (χ3n) is 4.94. The van der Waals surface area contributed by atoms with Gasteiger partial charge in [-0.15, -0.1) is 0 Å². The molecule has 0 unspecified atom stereocenters. The average Bonchev–Trinajstić information content (AvgIpc) is 3.21. The summed E-state index contributed by atoms with van der Waals surface area (Å²) in [6.45, 7) is 2.56. The van der Waals surface area contributed by atoms with Gasteiger partial charge in [-0.25, -0.2) is 0 Å². The molecule has 2 heterocycles. The molecule has 7 heteroatoms. The molecule has 7 nitrogen and oxygen atoms in total. The molecule has 0 aromatic heterocycles. The van der Waals surface area contributed by atoms with Crippen LogP contribution in [0.5, 0.6) is 11.5 Å². The van der Waals surface area contributed by atoms with Crippen molar-refractivity contribution in [1.82, 2.24) is 5.32 Å². The third-order valence-corrected chi connectivity index (χ3v) is 4.94. The number of hydrogen-bond acceptors (Lipinski definition) is 5. The number of hydrogen-bond donors (Lipinski definition) is 2. The Morgan fingerprint density at radius 2 is 1.64 bits per heavy atom. The molecule has 2 amide bonds. The van der Waals surface area contributed by atoms with Gasteiger partial charge < -0.3 is 25.0 Å². The predicted molar refractivity (Wildman–Crippen MR) is 106 cm³/mol. The lowest BCUT2D eigenvalue weighted by Gasteiger charge is -2.28. The van der Waals surface area contributed by atoms with Gasteiger partial charge >= 0.3 is 11.8 Å². The minimum atomic E-state index is -0.688. The maximum absolute atomic E-state index is 12.1. The highest BCUT2D eigenvalue weighted by Crippen LogP contribution is 2.32. The van der Waals surface area contributed by atoms with Gasteiger partial charge in [0.15, 0.2) is 11.5 Å². The first-order valence-corrected chi connectivity index (χ1v) is 9.52. The molecule has 2 aromatic carbocycles. The predicted octanol–water partition coefficient (Wildman–Crippen LogP) is 2.66. The van der Waals surface area contributed by atoms with Crippen LogP contribution in [0.25, 0.3) is 0 Å². The zero-order valence-electron chi connectivity index (χ0n) is 15.6. The van der Waals surface area contributed by atoms with Crippen molar-refractivity contribution in [3.05, 3.63) is 48.0 Å². The van der Waals surface area contributed by atoms with E-state index in [0.717, 1.165) is 24.3 Å². The van der Waals surface area contributed by atoms with Crippen LogP contribution in [0, 0.1) is 0 Å². The number of nitrogens with one attached hydrogen (secondary N) is 2. The number of benzene rings is 2. The molecule has 0 atom stereocenters. The monoisotopic (exact) mass is 381 g/mol. The van der Waals surface area contributed by atoms with Crippen molar-refractivity contribution in [2.24, 2.45) is 0 Å². The van der Waals surface area contributed by atoms with E-state index in [4.69, 9.17) is 9.47 Å². The fourth-order valence-electron chi connectivity index (χ4n) is 3.41. The number of anilines is 2. The van der Waals surface area contributed by atoms with Gasteiger partial charge in [-0.05, 0) is 61.2 Å². The van der Waals surface area contributed by atoms with Crippen LogP contribution in [0.4, 0.5) is 11.4 Å². The number of amides is 2. The van der Waals surface area contributed by atoms with Gasteiger partial charge in [0.2, 0.25) is 6.79 Å². The molecule has 4 rings (SSSR count). The van der Waals surface area contributed by atoms with Gasteiger partial charge in [0.1, 0.15) is 0 Å². The zero-order chi connectivity index (χ0) is 19.3. The molecule has 2 aromatic rings. The van der Waals surface area contributed by atoms with Crippen molar-refractivity contribution in [3.63, 3.8) is 0 Å². The second kappa shape index (κ2) is 8.21. The Bertz CT molecular complexity index is 860. The maximum Gasteiger partial charge on any atom is 0.313 e. The van der Waals surface area contributed by atoms with Crippen LogP contribution in [0.3, 0.4) is 0 Å². The fraction of sp³-hybridized carbons (Fsp3) is 0.333. The molecular formula is C21H23N3O4. The van der Waals surface area contributed by atoms with Crippen LogP contribution >= 0.6 is 0 Å². The van der Waals surface area contributed by atoms with E-state index in [1.54, 1.807) is 12.1 Å². The lowest BCUT2D eigenvalue weighted by atomic mass is 10.1. The molecule has 0 bridgehead atoms. The summed E-state index contributed by atoms with van der Waals surface area (Å²) >= 11 is 0. The van der Waals surface area contributed by atoms with Gasteiger partial charge in [-0.2, -0.15) is 0 Å². The molecular weight excluding hydrogens is 358 g/mol. The lowest BCUT2D eigenvalue weighted by molar-refractivity contribution is -0.136. The first-order chi connectivity index (χ1) is 13.7. The zero-order valence-corrected chi connectivity index (χ0v) is 15.6. The SMILES string of the molecule is O=C(NCc1ccc2c(c1)OCO2)C(=O)Nc1ccc(N2CCCCC2)cc1. The molecule has 0 spiro atoms. The first kappa shape index (κ1) is 18.2. The Hall–Kier alpha value is -3.22. The van der Waals surface area contributed by atoms with Crippen LogP contribution in [0.15, 0.2) is 42.5 Å². The van der Waals surface area contributed by atoms with Crippen LogP contribution in [-0.2, 0) is 16.1 Å². The molecule has 0 aliphatic carbocycles. The Balaban J connectivity index is 1.28. The summed E-state index contributed by atoms with van der Waals surface area (Å²) in [5, 5.41) is 5.25. The van der Waals surface area contributed by atoms with Crippen LogP contribution < -0.4 is 25.0 Å². The van der Waals surface area contributed by atoms with Crippen molar-refractivity contribution >= 4 is 23.2 Å². The molecule has 2 aliphatic heterocycles. The Morgan fingerprint density at radius 1 is 0.893 bits per heavy atom. The van der Waals surface area contributed by atoms with E-state index in [1.807, 2.05) is 30.3 Å². The van der Waals surface area contributed by atoms with Crippen molar-refractivity contribution in [1.29, 1.82) is 0 Å². The minimum absolute atomic E-state index is 0.199. The number of fused-ring (bicyclic) bond motifs is 1. The maximum atomic E-state index is 12.1. The average molecular weight is 381 g/mol. The smallest absolute Gasteiger partial charge is 0.313 e. The highest BCUT2D eigenvalue weighted by Gasteiger charge is 2.16. The van der Waals surface area contributed by atoms with Crippen LogP contribution in [-0.4, -0.2) is 31.7 Å². The molecule has 146 valence electrons. The second-order valence-corrected chi connectivity index (χ2v) is 6.92. The quantitative estimate of drug-likeness (QED) is 0.796. The van der Waals surface area contributed by atoms with E-state index in [2.05, 4.69) is 15.5 Å². The van der Waals surface area contributed by atoms with Crippen LogP contribution in [0.2, 0.25) is 0 Å². The first-order valence-electron chi connectivity index (χ1n) is 9.52. The summed E-state index contributed by atoms with van der Waals surface area (Å²) in [5.41, 5.74) is 2.57. The number of carbonyl (C=O) groups is 2. The van der Waals surface area contributed by atoms with Gasteiger partial charge in [0, 0.05) is 31.0 Å². The topological polar surface area (TPSA) is 79.9 Å². The number of piperidine rings is 1. The van der Waals surface area contributed by atoms with Crippen molar-refractivity contribution < 1.29 is 19.1 Å². The Labute approximate surface area is 163 Å². The largest absolute Gasteiger partial charge is 0.454 e. The van der Waals surface area contributed by atoms with Crippen molar-refractivity contribution in [3.8, 4) is 11.5 Å². The summed E-state index contributed by atoms with van der Waals surface area (Å²) in [4.78, 5) is 26.6. The van der Waals surface area contributed by atoms with Gasteiger partial charge in [0.25, 0.3) is 0 Å². The highest BCUT2D eigenvalue weighted by molar-refractivity contribution is 6.39. The van der Waals surface area contributed by atoms with Crippen LogP contribution in [0.1, 0.15) is 24.8 Å². The fourth-order valence-corrected chi connectivity index (χ4v) is 3.41. The van der Waals surface area contributed by atoms with E-state index >= 15 is 0 Å². The van der Waals surface area contributed by atoms with E-state index in [0.29, 0.717) is 17.2 Å². The Morgan fingerprint density at radius 3 is 2.43 bits per heavy atom. The number of rotatable bonds is 4. The van der Waals surface area contributed by atoms with E-state index in [1.165, 1.54) is 19.3 Å². The number of nitrogens with zero attached hydrogens (tertiary/aromatic N) is 1. The van der Waals surface area contributed by atoms with Crippen molar-refractivity contribution in [2.45, 2.75) is 25.8 Å². The second-order valence-electron chi connectivity index (χ2n) is 6.92. The molecule has 28 heavy (non-hydrogen) atoms. The highest BCUT2D eigenvalue weighted by atomic mass is 16.7. The summed E-state index contributed by atoms with van der Waals surface area (Å²) in [6.07, 6.45) is 3.70. The molecule has 2 N–H and O–H groups in total. The summed E-state index contributed by atoms with van der Waals surface area (Å²) in [5.74, 6) is -0.0462. The lowest BCUT2D eigenvalue weighted by Crippen LogP contribution is -2.35. The molecule has 1 saturated heterocycles. The van der Waals surface area contributed by atoms with Gasteiger partial charge in [-0.3, -0.25) is 9.59 Å². The molecule has 2 aliphatic rings. The third kappa shape index (κ3) is 4.19. The summed E-state index contributed by atoms with van der Waals surface area (Å²) in [7, 11) is 0. The molecule has 0 saturated carbocycles. The van der Waals surface area contributed by atoms with E-state index < -0.39 is 11.8 Å². The van der Waals surface area contributed by atoms with E-state index in [-0.39, 0.29) is 13.3 Å². The molecule has 1 fully saturated rings. The summed E-state index contributed by atoms with van der Waals surface area (Å²) in [6, 6.07) is 13.0. The number of carbonyl (C=O) groups excluding carboxylic acids is 2. The Kier molecular flexibility index (Phi) is 5.32. The standard InChI is InChI=1S/C21H23N3O4/c25-20(22-13-15-4-9-18-19(12-15)28-14-27-18)21(26)23-16-5-7-17(8-6-16)24-10-2-1-3-11-24/h4-9,12H,1-3,10-11,13-14H2,(H,22,25)(H,23,26). The molecule has 0 radical (unpaired) electrons. The van der Waals surface area contributed by atoms with Gasteiger partial charge in [0.05, 0.1) is 0 Å². The van der Waals surface area contributed by atoms with E-state index in [9.17, 15) is 9.59 Å². The normalized spacial score (nSPS) is 15.2. The number of ether oxygens (including phenoxy) is 2. The minimum Gasteiger partial charge on any atom is -0.454 e. The summed E-state index contributed by atoms with van der Waals surface area (Å²) < 4.78 is 10.6. The van der Waals surface area contributed by atoms with Crippen molar-refractivity contribution in [2.75, 3.05) is 30.1 Å². The van der Waals surface area contributed by atoms with Gasteiger partial charge in [-0.1, -0.05) is 6.07 Å².